The molecule has 0 amide bonds. The monoisotopic (exact) mass is 282 g/mol. The molecule has 78 valence electrons. The second-order valence-corrected chi connectivity index (χ2v) is 5.67. The van der Waals surface area contributed by atoms with Gasteiger partial charge in [-0.2, -0.15) is 0 Å². The largest absolute Gasteiger partial charge is 0.385 e. The zero-order valence-electron chi connectivity index (χ0n) is 8.11. The highest BCUT2D eigenvalue weighted by molar-refractivity contribution is 9.11. The predicted octanol–water partition coefficient (Wildman–Crippen LogP) is 3.56. The van der Waals surface area contributed by atoms with Gasteiger partial charge in [-0.1, -0.05) is 0 Å². The van der Waals surface area contributed by atoms with Crippen molar-refractivity contribution in [2.75, 3.05) is 11.9 Å². The Labute approximate surface area is 101 Å². The molecule has 2 aromatic heterocycles. The Hall–Kier alpha value is -0.870. The maximum Gasteiger partial charge on any atom is 0.0701 e. The van der Waals surface area contributed by atoms with Crippen LogP contribution in [0, 0.1) is 0 Å². The summed E-state index contributed by atoms with van der Waals surface area (Å²) in [6, 6.07) is 8.20. The standard InChI is InChI=1S/C11H11BrN2S/c12-11-2-1-10(15-11)5-8-14-9-3-6-13-7-4-9/h1-4,6-7H,5,8H2,(H,13,14). The van der Waals surface area contributed by atoms with Crippen molar-refractivity contribution in [3.8, 4) is 0 Å². The van der Waals surface area contributed by atoms with Crippen molar-refractivity contribution in [2.45, 2.75) is 6.42 Å². The third kappa shape index (κ3) is 3.32. The Morgan fingerprint density at radius 3 is 2.67 bits per heavy atom. The first-order chi connectivity index (χ1) is 7.34. The summed E-state index contributed by atoms with van der Waals surface area (Å²) in [7, 11) is 0. The van der Waals surface area contributed by atoms with Crippen LogP contribution in [0.3, 0.4) is 0 Å². The SMILES string of the molecule is Brc1ccc(CCNc2ccncc2)s1. The van der Waals surface area contributed by atoms with Crippen LogP contribution in [-0.4, -0.2) is 11.5 Å². The van der Waals surface area contributed by atoms with Gasteiger partial charge in [0.15, 0.2) is 0 Å². The van der Waals surface area contributed by atoms with Gasteiger partial charge in [0.1, 0.15) is 0 Å². The van der Waals surface area contributed by atoms with E-state index >= 15 is 0 Å². The molecule has 0 atom stereocenters. The van der Waals surface area contributed by atoms with Gasteiger partial charge in [-0.3, -0.25) is 4.98 Å². The maximum absolute atomic E-state index is 3.97. The van der Waals surface area contributed by atoms with Crippen LogP contribution >= 0.6 is 27.3 Å². The van der Waals surface area contributed by atoms with E-state index in [9.17, 15) is 0 Å². The molecule has 0 aromatic carbocycles. The summed E-state index contributed by atoms with van der Waals surface area (Å²) >= 11 is 5.25. The molecule has 4 heteroatoms. The lowest BCUT2D eigenvalue weighted by Crippen LogP contribution is -2.03. The predicted molar refractivity (Wildman–Crippen MR) is 68.4 cm³/mol. The van der Waals surface area contributed by atoms with Gasteiger partial charge < -0.3 is 5.32 Å². The first-order valence-corrected chi connectivity index (χ1v) is 6.33. The smallest absolute Gasteiger partial charge is 0.0701 e. The summed E-state index contributed by atoms with van der Waals surface area (Å²) in [6.45, 7) is 0.955. The quantitative estimate of drug-likeness (QED) is 0.928. The highest BCUT2D eigenvalue weighted by Crippen LogP contribution is 2.22. The normalized spacial score (nSPS) is 10.2. The highest BCUT2D eigenvalue weighted by atomic mass is 79.9. The Morgan fingerprint density at radius 2 is 2.00 bits per heavy atom. The lowest BCUT2D eigenvalue weighted by atomic mass is 10.3. The fourth-order valence-electron chi connectivity index (χ4n) is 1.29. The summed E-state index contributed by atoms with van der Waals surface area (Å²) < 4.78 is 1.20. The molecule has 2 aromatic rings. The van der Waals surface area contributed by atoms with Crippen molar-refractivity contribution in [1.82, 2.24) is 4.98 Å². The summed E-state index contributed by atoms with van der Waals surface area (Å²) in [5.74, 6) is 0. The molecule has 2 nitrogen and oxygen atoms in total. The number of rotatable bonds is 4. The highest BCUT2D eigenvalue weighted by Gasteiger charge is 1.97. The lowest BCUT2D eigenvalue weighted by molar-refractivity contribution is 1.04. The van der Waals surface area contributed by atoms with Gasteiger partial charge >= 0.3 is 0 Å². The van der Waals surface area contributed by atoms with Crippen molar-refractivity contribution < 1.29 is 0 Å². The summed E-state index contributed by atoms with van der Waals surface area (Å²) in [5, 5.41) is 3.35. The van der Waals surface area contributed by atoms with Gasteiger partial charge in [-0.25, -0.2) is 0 Å². The molecule has 0 aliphatic carbocycles. The number of aromatic nitrogens is 1. The van der Waals surface area contributed by atoms with E-state index in [0.717, 1.165) is 18.7 Å². The van der Waals surface area contributed by atoms with E-state index in [1.54, 1.807) is 23.7 Å². The topological polar surface area (TPSA) is 24.9 Å². The molecule has 0 radical (unpaired) electrons. The van der Waals surface area contributed by atoms with Gasteiger partial charge in [-0.05, 0) is 46.6 Å². The molecule has 0 bridgehead atoms. The Balaban J connectivity index is 1.80. The first kappa shape index (κ1) is 10.6. The van der Waals surface area contributed by atoms with E-state index in [4.69, 9.17) is 0 Å². The Kier molecular flexibility index (Phi) is 3.75. The lowest BCUT2D eigenvalue weighted by Gasteiger charge is -2.03. The fourth-order valence-corrected chi connectivity index (χ4v) is 2.77. The molecular formula is C11H11BrN2S. The molecular weight excluding hydrogens is 272 g/mol. The van der Waals surface area contributed by atoms with E-state index < -0.39 is 0 Å². The minimum absolute atomic E-state index is 0.955. The number of nitrogens with zero attached hydrogens (tertiary/aromatic N) is 1. The van der Waals surface area contributed by atoms with Crippen molar-refractivity contribution in [3.05, 3.63) is 45.3 Å². The van der Waals surface area contributed by atoms with Crippen LogP contribution < -0.4 is 5.32 Å². The molecule has 0 aliphatic heterocycles. The molecule has 0 unspecified atom stereocenters. The second-order valence-electron chi connectivity index (χ2n) is 3.12. The molecule has 0 aliphatic rings. The van der Waals surface area contributed by atoms with Crippen LogP contribution in [0.1, 0.15) is 4.88 Å². The molecule has 0 saturated carbocycles. The third-order valence-electron chi connectivity index (χ3n) is 2.01. The number of thiophene rings is 1. The molecule has 0 saturated heterocycles. The molecule has 2 rings (SSSR count). The van der Waals surface area contributed by atoms with E-state index in [2.05, 4.69) is 38.4 Å². The van der Waals surface area contributed by atoms with Crippen molar-refractivity contribution in [2.24, 2.45) is 0 Å². The van der Waals surface area contributed by atoms with Crippen molar-refractivity contribution in [1.29, 1.82) is 0 Å². The van der Waals surface area contributed by atoms with E-state index in [0.29, 0.717) is 0 Å². The fraction of sp³-hybridized carbons (Fsp3) is 0.182. The maximum atomic E-state index is 3.97. The second kappa shape index (κ2) is 5.28. The molecule has 2 heterocycles. The minimum atomic E-state index is 0.955. The Bertz CT molecular complexity index is 414. The molecule has 0 fully saturated rings. The van der Waals surface area contributed by atoms with Crippen molar-refractivity contribution >= 4 is 33.0 Å². The molecule has 0 spiro atoms. The number of hydrogen-bond donors (Lipinski definition) is 1. The van der Waals surface area contributed by atoms with E-state index in [1.807, 2.05) is 12.1 Å². The van der Waals surface area contributed by atoms with Gasteiger partial charge in [0, 0.05) is 29.5 Å². The zero-order valence-corrected chi connectivity index (χ0v) is 10.5. The zero-order chi connectivity index (χ0) is 10.5. The average molecular weight is 283 g/mol. The number of pyridine rings is 1. The number of nitrogens with one attached hydrogen (secondary N) is 1. The number of anilines is 1. The van der Waals surface area contributed by atoms with E-state index in [1.165, 1.54) is 8.66 Å². The summed E-state index contributed by atoms with van der Waals surface area (Å²) in [6.07, 6.45) is 4.65. The molecule has 1 N–H and O–H groups in total. The third-order valence-corrected chi connectivity index (χ3v) is 3.69. The van der Waals surface area contributed by atoms with Crippen LogP contribution in [0.5, 0.6) is 0 Å². The van der Waals surface area contributed by atoms with Crippen LogP contribution in [0.2, 0.25) is 0 Å². The van der Waals surface area contributed by atoms with Gasteiger partial charge in [0.2, 0.25) is 0 Å². The number of hydrogen-bond acceptors (Lipinski definition) is 3. The van der Waals surface area contributed by atoms with Crippen LogP contribution in [0.25, 0.3) is 0 Å². The van der Waals surface area contributed by atoms with Crippen LogP contribution in [0.4, 0.5) is 5.69 Å². The van der Waals surface area contributed by atoms with Crippen molar-refractivity contribution in [3.63, 3.8) is 0 Å². The summed E-state index contributed by atoms with van der Waals surface area (Å²) in [4.78, 5) is 5.36. The minimum Gasteiger partial charge on any atom is -0.385 e. The first-order valence-electron chi connectivity index (χ1n) is 4.73. The Morgan fingerprint density at radius 1 is 1.20 bits per heavy atom. The summed E-state index contributed by atoms with van der Waals surface area (Å²) in [5.41, 5.74) is 1.13. The van der Waals surface area contributed by atoms with Gasteiger partial charge in [-0.15, -0.1) is 11.3 Å². The van der Waals surface area contributed by atoms with Gasteiger partial charge in [0.25, 0.3) is 0 Å². The molecule has 15 heavy (non-hydrogen) atoms. The van der Waals surface area contributed by atoms with Crippen LogP contribution in [0.15, 0.2) is 40.4 Å². The van der Waals surface area contributed by atoms with Crippen LogP contribution in [-0.2, 0) is 6.42 Å². The number of halogens is 1. The van der Waals surface area contributed by atoms with E-state index in [-0.39, 0.29) is 0 Å². The van der Waals surface area contributed by atoms with Gasteiger partial charge in [0.05, 0.1) is 3.79 Å². The average Bonchev–Trinajstić information content (AvgIpc) is 2.66.